The Kier molecular flexibility index (Phi) is 7.48. The molecule has 4 aromatic rings. The van der Waals surface area contributed by atoms with Crippen molar-refractivity contribution in [2.24, 2.45) is 0 Å². The smallest absolute Gasteiger partial charge is 0.291 e. The number of ketones is 1. The molecule has 2 aromatic heterocycles. The lowest BCUT2D eigenvalue weighted by Gasteiger charge is -2.13. The van der Waals surface area contributed by atoms with Crippen LogP contribution in [0.2, 0.25) is 5.02 Å². The van der Waals surface area contributed by atoms with Crippen molar-refractivity contribution < 1.29 is 23.1 Å². The fourth-order valence-corrected chi connectivity index (χ4v) is 3.37. The van der Waals surface area contributed by atoms with E-state index in [1.807, 2.05) is 6.92 Å². The number of anilines is 2. The summed E-state index contributed by atoms with van der Waals surface area (Å²) in [6.07, 6.45) is 2.80. The Labute approximate surface area is 206 Å². The van der Waals surface area contributed by atoms with Crippen LogP contribution in [0.1, 0.15) is 31.9 Å². The lowest BCUT2D eigenvalue weighted by molar-refractivity contribution is -0.118. The van der Waals surface area contributed by atoms with E-state index in [0.717, 1.165) is 0 Å². The molecule has 0 bridgehead atoms. The molecule has 0 spiro atoms. The third-order valence-corrected chi connectivity index (χ3v) is 5.32. The minimum absolute atomic E-state index is 0.00672. The summed E-state index contributed by atoms with van der Waals surface area (Å²) in [7, 11) is 1.52. The Morgan fingerprint density at radius 2 is 2.03 bits per heavy atom. The number of hydrogen-bond acceptors (Lipinski definition) is 7. The number of nitrogens with zero attached hydrogens (tertiary/aromatic N) is 2. The number of nitrogens with one attached hydrogen (secondary N) is 1. The van der Waals surface area contributed by atoms with Crippen LogP contribution in [0.25, 0.3) is 10.9 Å². The van der Waals surface area contributed by atoms with Gasteiger partial charge in [-0.15, -0.1) is 0 Å². The van der Waals surface area contributed by atoms with Gasteiger partial charge in [0.05, 0.1) is 17.6 Å². The lowest BCUT2D eigenvalue weighted by Crippen LogP contribution is -1.98. The van der Waals surface area contributed by atoms with E-state index in [9.17, 15) is 9.18 Å². The summed E-state index contributed by atoms with van der Waals surface area (Å²) in [6.45, 7) is 1.83. The molecule has 4 rings (SSSR count). The third-order valence-electron chi connectivity index (χ3n) is 5.03. The van der Waals surface area contributed by atoms with Crippen LogP contribution in [0, 0.1) is 17.7 Å². The minimum atomic E-state index is -0.512. The number of rotatable bonds is 8. The van der Waals surface area contributed by atoms with E-state index in [1.54, 1.807) is 30.3 Å². The van der Waals surface area contributed by atoms with Gasteiger partial charge in [0.1, 0.15) is 23.7 Å². The minimum Gasteiger partial charge on any atom is -0.493 e. The van der Waals surface area contributed by atoms with Crippen molar-refractivity contribution in [3.8, 4) is 29.3 Å². The zero-order valence-corrected chi connectivity index (χ0v) is 19.8. The molecule has 0 aliphatic rings. The number of carbonyl (C=O) groups is 1. The largest absolute Gasteiger partial charge is 0.493 e. The van der Waals surface area contributed by atoms with Gasteiger partial charge in [0.25, 0.3) is 5.95 Å². The molecule has 0 saturated heterocycles. The first-order chi connectivity index (χ1) is 17.0. The van der Waals surface area contributed by atoms with Crippen LogP contribution in [0.5, 0.6) is 17.4 Å². The molecule has 2 aromatic carbocycles. The van der Waals surface area contributed by atoms with Gasteiger partial charge in [-0.1, -0.05) is 24.4 Å². The quantitative estimate of drug-likeness (QED) is 0.274. The van der Waals surface area contributed by atoms with E-state index in [0.29, 0.717) is 58.9 Å². The van der Waals surface area contributed by atoms with E-state index in [-0.39, 0.29) is 16.8 Å². The number of carbonyl (C=O) groups excluding carboxylic acids is 1. The van der Waals surface area contributed by atoms with Crippen molar-refractivity contribution in [3.63, 3.8) is 0 Å². The van der Waals surface area contributed by atoms with Gasteiger partial charge in [-0.25, -0.2) is 14.4 Å². The number of furan rings is 1. The summed E-state index contributed by atoms with van der Waals surface area (Å²) in [5.74, 6) is 7.39. The molecule has 9 heteroatoms. The number of aromatic nitrogens is 2. The molecule has 0 atom stereocenters. The third kappa shape index (κ3) is 5.89. The van der Waals surface area contributed by atoms with Crippen molar-refractivity contribution in [1.82, 2.24) is 9.97 Å². The highest BCUT2D eigenvalue weighted by molar-refractivity contribution is 6.31. The maximum Gasteiger partial charge on any atom is 0.291 e. The van der Waals surface area contributed by atoms with Gasteiger partial charge in [-0.2, -0.15) is 0 Å². The average molecular weight is 494 g/mol. The Morgan fingerprint density at radius 3 is 2.80 bits per heavy atom. The maximum absolute atomic E-state index is 13.5. The zero-order chi connectivity index (χ0) is 24.8. The molecule has 0 fully saturated rings. The number of ether oxygens (including phenoxy) is 2. The highest BCUT2D eigenvalue weighted by atomic mass is 35.5. The van der Waals surface area contributed by atoms with Crippen LogP contribution in [0.4, 0.5) is 15.9 Å². The molecular formula is C26H21ClFN3O4. The fraction of sp³-hybridized carbons (Fsp3) is 0.192. The molecular weight excluding hydrogens is 473 g/mol. The number of benzene rings is 2. The summed E-state index contributed by atoms with van der Waals surface area (Å²) in [5, 5.41) is 3.75. The molecule has 35 heavy (non-hydrogen) atoms. The van der Waals surface area contributed by atoms with Crippen LogP contribution < -0.4 is 14.8 Å². The highest BCUT2D eigenvalue weighted by Gasteiger charge is 2.14. The van der Waals surface area contributed by atoms with Crippen LogP contribution in [-0.4, -0.2) is 22.9 Å². The first-order valence-corrected chi connectivity index (χ1v) is 11.2. The van der Waals surface area contributed by atoms with Crippen LogP contribution in [-0.2, 0) is 4.79 Å². The van der Waals surface area contributed by atoms with Gasteiger partial charge in [0.15, 0.2) is 17.3 Å². The summed E-state index contributed by atoms with van der Waals surface area (Å²) < 4.78 is 30.6. The molecule has 178 valence electrons. The van der Waals surface area contributed by atoms with E-state index in [1.165, 1.54) is 25.6 Å². The number of halogens is 2. The van der Waals surface area contributed by atoms with Gasteiger partial charge >= 0.3 is 0 Å². The van der Waals surface area contributed by atoms with Crippen molar-refractivity contribution in [2.45, 2.75) is 26.2 Å². The van der Waals surface area contributed by atoms with Crippen LogP contribution in [0.15, 0.2) is 53.2 Å². The van der Waals surface area contributed by atoms with Gasteiger partial charge in [-0.05, 0) is 36.3 Å². The van der Waals surface area contributed by atoms with Crippen molar-refractivity contribution in [2.75, 3.05) is 12.4 Å². The van der Waals surface area contributed by atoms with Crippen molar-refractivity contribution in [3.05, 3.63) is 65.4 Å². The SMILES string of the molecule is CCC(=O)CCC#Cc1ccc(Oc2cc3c(Nc4ccc(F)c(Cl)c4)ncnc3cc2OC)o1. The summed E-state index contributed by atoms with van der Waals surface area (Å²) in [5.41, 5.74) is 1.16. The number of fused-ring (bicyclic) bond motifs is 1. The molecule has 0 saturated carbocycles. The average Bonchev–Trinajstić information content (AvgIpc) is 3.31. The Bertz CT molecular complexity index is 1440. The Hall–Kier alpha value is -4.09. The number of Topliss-reactive ketones (excluding diaryl/α,β-unsaturated/α-hetero) is 1. The Balaban J connectivity index is 1.59. The molecule has 0 radical (unpaired) electrons. The van der Waals surface area contributed by atoms with Gasteiger partial charge in [0, 0.05) is 42.5 Å². The van der Waals surface area contributed by atoms with Crippen molar-refractivity contribution in [1.29, 1.82) is 0 Å². The molecule has 1 N–H and O–H groups in total. The predicted octanol–water partition coefficient (Wildman–Crippen LogP) is 6.67. The molecule has 7 nitrogen and oxygen atoms in total. The molecule has 0 amide bonds. The molecule has 0 unspecified atom stereocenters. The summed E-state index contributed by atoms with van der Waals surface area (Å²) in [4.78, 5) is 20.0. The molecule has 2 heterocycles. The second-order valence-electron chi connectivity index (χ2n) is 7.41. The normalized spacial score (nSPS) is 10.5. The first-order valence-electron chi connectivity index (χ1n) is 10.8. The van der Waals surface area contributed by atoms with Gasteiger partial charge in [0.2, 0.25) is 0 Å². The van der Waals surface area contributed by atoms with Crippen LogP contribution >= 0.6 is 11.6 Å². The van der Waals surface area contributed by atoms with Gasteiger partial charge in [-0.3, -0.25) is 4.79 Å². The maximum atomic E-state index is 13.5. The number of hydrogen-bond donors (Lipinski definition) is 1. The zero-order valence-electron chi connectivity index (χ0n) is 19.0. The van der Waals surface area contributed by atoms with Gasteiger partial charge < -0.3 is 19.2 Å². The van der Waals surface area contributed by atoms with E-state index in [2.05, 4.69) is 27.1 Å². The molecule has 0 aliphatic carbocycles. The molecule has 0 aliphatic heterocycles. The van der Waals surface area contributed by atoms with Crippen molar-refractivity contribution >= 4 is 39.8 Å². The topological polar surface area (TPSA) is 86.5 Å². The highest BCUT2D eigenvalue weighted by Crippen LogP contribution is 2.37. The number of methoxy groups -OCH3 is 1. The lowest BCUT2D eigenvalue weighted by atomic mass is 10.2. The predicted molar refractivity (Wildman–Crippen MR) is 131 cm³/mol. The monoisotopic (exact) mass is 493 g/mol. The summed E-state index contributed by atoms with van der Waals surface area (Å²) >= 11 is 5.90. The fourth-order valence-electron chi connectivity index (χ4n) is 3.19. The Morgan fingerprint density at radius 1 is 1.17 bits per heavy atom. The van der Waals surface area contributed by atoms with E-state index >= 15 is 0 Å². The summed E-state index contributed by atoms with van der Waals surface area (Å²) in [6, 6.07) is 11.0. The van der Waals surface area contributed by atoms with Crippen LogP contribution in [0.3, 0.4) is 0 Å². The first kappa shape index (κ1) is 24.0. The standard InChI is InChI=1S/C26H21ClFN3O4/c1-3-17(32)6-4-5-7-18-9-11-25(34-18)35-24-13-19-22(14-23(24)33-2)29-15-30-26(19)31-16-8-10-21(28)20(27)12-16/h8-15H,3-4,6H2,1-2H3,(H,29,30,31). The van der Waals surface area contributed by atoms with E-state index < -0.39 is 5.82 Å². The second kappa shape index (κ2) is 10.9. The van der Waals surface area contributed by atoms with E-state index in [4.69, 9.17) is 25.5 Å². The second-order valence-corrected chi connectivity index (χ2v) is 7.82.